The monoisotopic (exact) mass is 281 g/mol. The second kappa shape index (κ2) is 5.94. The first-order chi connectivity index (χ1) is 9.86. The predicted octanol–water partition coefficient (Wildman–Crippen LogP) is 2.98. The molecular weight excluding hydrogens is 268 g/mol. The average Bonchev–Trinajstić information content (AvgIpc) is 2.52. The first-order valence-electron chi connectivity index (χ1n) is 6.36. The molecule has 0 aliphatic carbocycles. The zero-order valence-corrected chi connectivity index (χ0v) is 11.7. The number of hydrogen-bond acceptors (Lipinski definition) is 1. The molecule has 0 amide bonds. The number of hydrogen-bond donors (Lipinski definition) is 0. The first kappa shape index (κ1) is 13.0. The van der Waals surface area contributed by atoms with Gasteiger partial charge in [-0.05, 0) is 24.6 Å². The highest BCUT2D eigenvalue weighted by Gasteiger charge is 2.19. The maximum absolute atomic E-state index is 14.2. The Kier molecular flexibility index (Phi) is 3.85. The Morgan fingerprint density at radius 3 is 1.80 bits per heavy atom. The molecule has 3 aromatic rings. The predicted molar refractivity (Wildman–Crippen MR) is 82.9 cm³/mol. The summed E-state index contributed by atoms with van der Waals surface area (Å²) < 4.78 is 14.2. The minimum Gasteiger partial charge on any atom is -0.264 e. The molecule has 0 aliphatic rings. The second-order valence-electron chi connectivity index (χ2n) is 4.33. The van der Waals surface area contributed by atoms with Crippen LogP contribution < -0.4 is 15.9 Å². The Balaban J connectivity index is 2.17. The first-order valence-corrected chi connectivity index (χ1v) is 7.70. The van der Waals surface area contributed by atoms with Crippen LogP contribution in [-0.2, 0) is 0 Å². The zero-order chi connectivity index (χ0) is 13.8. The maximum Gasteiger partial charge on any atom is 0.134 e. The topological polar surface area (TPSA) is 12.9 Å². The van der Waals surface area contributed by atoms with Gasteiger partial charge in [0.15, 0.2) is 0 Å². The maximum atomic E-state index is 14.2. The van der Waals surface area contributed by atoms with E-state index in [4.69, 9.17) is 0 Å². The fourth-order valence-electron chi connectivity index (χ4n) is 2.12. The van der Waals surface area contributed by atoms with Crippen molar-refractivity contribution in [3.05, 3.63) is 84.9 Å². The van der Waals surface area contributed by atoms with Crippen molar-refractivity contribution in [2.45, 2.75) is 0 Å². The number of rotatable bonds is 3. The molecule has 1 aromatic heterocycles. The Morgan fingerprint density at radius 1 is 0.750 bits per heavy atom. The van der Waals surface area contributed by atoms with Gasteiger partial charge in [-0.15, -0.1) is 0 Å². The van der Waals surface area contributed by atoms with Crippen LogP contribution >= 0.6 is 7.92 Å². The van der Waals surface area contributed by atoms with Crippen LogP contribution in [0.2, 0.25) is 0 Å². The van der Waals surface area contributed by atoms with Gasteiger partial charge < -0.3 is 0 Å². The van der Waals surface area contributed by atoms with Gasteiger partial charge in [0.1, 0.15) is 5.82 Å². The van der Waals surface area contributed by atoms with Crippen molar-refractivity contribution < 1.29 is 4.39 Å². The molecule has 0 radical (unpaired) electrons. The lowest BCUT2D eigenvalue weighted by Gasteiger charge is -2.19. The number of aromatic nitrogens is 1. The highest BCUT2D eigenvalue weighted by Crippen LogP contribution is 2.33. The molecule has 0 fully saturated rings. The van der Waals surface area contributed by atoms with E-state index in [0.717, 1.165) is 10.6 Å². The van der Waals surface area contributed by atoms with Gasteiger partial charge in [0.2, 0.25) is 0 Å². The lowest BCUT2D eigenvalue weighted by atomic mass is 10.4. The Hall–Kier alpha value is -2.05. The summed E-state index contributed by atoms with van der Waals surface area (Å²) >= 11 is 0. The second-order valence-corrected chi connectivity index (χ2v) is 6.52. The van der Waals surface area contributed by atoms with Crippen LogP contribution in [0.1, 0.15) is 0 Å². The summed E-state index contributed by atoms with van der Waals surface area (Å²) in [5.74, 6) is -0.196. The minimum atomic E-state index is -0.904. The summed E-state index contributed by atoms with van der Waals surface area (Å²) in [5, 5.41) is 2.92. The number of benzene rings is 2. The van der Waals surface area contributed by atoms with Gasteiger partial charge >= 0.3 is 0 Å². The van der Waals surface area contributed by atoms with Gasteiger partial charge in [-0.25, -0.2) is 4.39 Å². The summed E-state index contributed by atoms with van der Waals surface area (Å²) in [5.41, 5.74) is 0. The highest BCUT2D eigenvalue weighted by atomic mass is 31.1. The van der Waals surface area contributed by atoms with Crippen LogP contribution in [0.4, 0.5) is 4.39 Å². The largest absolute Gasteiger partial charge is 0.264 e. The molecule has 0 unspecified atom stereocenters. The van der Waals surface area contributed by atoms with E-state index in [0.29, 0.717) is 5.30 Å². The van der Waals surface area contributed by atoms with Gasteiger partial charge in [-0.1, -0.05) is 60.7 Å². The summed E-state index contributed by atoms with van der Waals surface area (Å²) in [6, 6.07) is 21.5. The summed E-state index contributed by atoms with van der Waals surface area (Å²) in [6.07, 6.45) is 3.13. The fourth-order valence-corrected chi connectivity index (χ4v) is 4.38. The molecule has 0 saturated heterocycles. The van der Waals surface area contributed by atoms with E-state index in [1.54, 1.807) is 6.20 Å². The van der Waals surface area contributed by atoms with Crippen molar-refractivity contribution in [2.75, 3.05) is 0 Å². The Morgan fingerprint density at radius 2 is 1.30 bits per heavy atom. The molecule has 3 heteroatoms. The van der Waals surface area contributed by atoms with E-state index >= 15 is 0 Å². The van der Waals surface area contributed by atoms with Crippen molar-refractivity contribution in [2.24, 2.45) is 0 Å². The van der Waals surface area contributed by atoms with E-state index in [1.165, 1.54) is 12.3 Å². The van der Waals surface area contributed by atoms with Gasteiger partial charge in [-0.2, -0.15) is 0 Å². The van der Waals surface area contributed by atoms with Crippen LogP contribution in [0.15, 0.2) is 79.1 Å². The Bertz CT molecular complexity index is 646. The molecule has 3 rings (SSSR count). The molecule has 0 N–H and O–H groups in total. The summed E-state index contributed by atoms with van der Waals surface area (Å²) in [7, 11) is -0.904. The van der Waals surface area contributed by atoms with E-state index in [1.807, 2.05) is 60.7 Å². The molecule has 1 heterocycles. The SMILES string of the molecule is Fc1ccncc1P(c1ccccc1)c1ccccc1. The van der Waals surface area contributed by atoms with E-state index in [2.05, 4.69) is 4.98 Å². The van der Waals surface area contributed by atoms with Crippen LogP contribution in [0, 0.1) is 5.82 Å². The van der Waals surface area contributed by atoms with E-state index in [-0.39, 0.29) is 5.82 Å². The number of nitrogens with zero attached hydrogens (tertiary/aromatic N) is 1. The molecule has 20 heavy (non-hydrogen) atoms. The normalized spacial score (nSPS) is 10.7. The van der Waals surface area contributed by atoms with Crippen molar-refractivity contribution in [3.63, 3.8) is 0 Å². The zero-order valence-electron chi connectivity index (χ0n) is 10.8. The highest BCUT2D eigenvalue weighted by molar-refractivity contribution is 7.79. The Labute approximate surface area is 118 Å². The fraction of sp³-hybridized carbons (Fsp3) is 0. The van der Waals surface area contributed by atoms with Crippen molar-refractivity contribution >= 4 is 23.8 Å². The quantitative estimate of drug-likeness (QED) is 0.673. The molecule has 0 bridgehead atoms. The third kappa shape index (κ3) is 2.61. The summed E-state index contributed by atoms with van der Waals surface area (Å²) in [6.45, 7) is 0. The van der Waals surface area contributed by atoms with Gasteiger partial charge in [0, 0.05) is 17.7 Å². The van der Waals surface area contributed by atoms with Crippen LogP contribution in [0.5, 0.6) is 0 Å². The van der Waals surface area contributed by atoms with E-state index < -0.39 is 7.92 Å². The molecule has 98 valence electrons. The lowest BCUT2D eigenvalue weighted by Crippen LogP contribution is -2.23. The minimum absolute atomic E-state index is 0.196. The molecule has 0 aliphatic heterocycles. The van der Waals surface area contributed by atoms with Crippen LogP contribution in [0.25, 0.3) is 0 Å². The average molecular weight is 281 g/mol. The molecular formula is C17H13FNP. The van der Waals surface area contributed by atoms with Crippen molar-refractivity contribution in [3.8, 4) is 0 Å². The third-order valence-electron chi connectivity index (χ3n) is 3.02. The van der Waals surface area contributed by atoms with Crippen LogP contribution in [-0.4, -0.2) is 4.98 Å². The van der Waals surface area contributed by atoms with E-state index in [9.17, 15) is 4.39 Å². The third-order valence-corrected chi connectivity index (χ3v) is 5.46. The van der Waals surface area contributed by atoms with Crippen LogP contribution in [0.3, 0.4) is 0 Å². The number of pyridine rings is 1. The van der Waals surface area contributed by atoms with Gasteiger partial charge in [0.05, 0.1) is 0 Å². The lowest BCUT2D eigenvalue weighted by molar-refractivity contribution is 0.634. The molecule has 0 saturated carbocycles. The smallest absolute Gasteiger partial charge is 0.134 e. The molecule has 0 spiro atoms. The number of halogens is 1. The molecule has 2 aromatic carbocycles. The standard InChI is InChI=1S/C17H13FNP/c18-16-11-12-19-13-17(16)20(14-7-3-1-4-8-14)15-9-5-2-6-10-15/h1-13H. The van der Waals surface area contributed by atoms with Gasteiger partial charge in [-0.3, -0.25) is 4.98 Å². The van der Waals surface area contributed by atoms with Crippen molar-refractivity contribution in [1.29, 1.82) is 0 Å². The van der Waals surface area contributed by atoms with Crippen molar-refractivity contribution in [1.82, 2.24) is 4.98 Å². The van der Waals surface area contributed by atoms with Gasteiger partial charge in [0.25, 0.3) is 0 Å². The molecule has 0 atom stereocenters. The summed E-state index contributed by atoms with van der Waals surface area (Å²) in [4.78, 5) is 4.09. The molecule has 1 nitrogen and oxygen atoms in total.